The second-order valence-corrected chi connectivity index (χ2v) is 6.92. The highest BCUT2D eigenvalue weighted by molar-refractivity contribution is 5.89. The van der Waals surface area contributed by atoms with Crippen LogP contribution in [0.1, 0.15) is 5.56 Å². The van der Waals surface area contributed by atoms with Gasteiger partial charge in [0.2, 0.25) is 5.82 Å². The SMILES string of the molecule is Cc1ccc(N2CCN(C(=O)Nc3ccc(-c4nnn(C)n4)cc3)CC2)cc1. The molecular weight excluding hydrogens is 354 g/mol. The van der Waals surface area contributed by atoms with Crippen LogP contribution in [0.25, 0.3) is 11.4 Å². The van der Waals surface area contributed by atoms with Gasteiger partial charge in [0, 0.05) is 43.1 Å². The van der Waals surface area contributed by atoms with E-state index in [0.717, 1.165) is 24.3 Å². The average Bonchev–Trinajstić information content (AvgIpc) is 3.15. The summed E-state index contributed by atoms with van der Waals surface area (Å²) in [4.78, 5) is 18.2. The zero-order valence-electron chi connectivity index (χ0n) is 16.0. The van der Waals surface area contributed by atoms with Crippen molar-refractivity contribution < 1.29 is 4.79 Å². The number of rotatable bonds is 3. The van der Waals surface area contributed by atoms with Gasteiger partial charge in [0.1, 0.15) is 0 Å². The molecule has 0 bridgehead atoms. The van der Waals surface area contributed by atoms with E-state index in [-0.39, 0.29) is 6.03 Å². The number of tetrazole rings is 1. The summed E-state index contributed by atoms with van der Waals surface area (Å²) in [7, 11) is 1.73. The third-order valence-corrected chi connectivity index (χ3v) is 4.87. The highest BCUT2D eigenvalue weighted by Gasteiger charge is 2.21. The van der Waals surface area contributed by atoms with Gasteiger partial charge in [-0.1, -0.05) is 17.7 Å². The Balaban J connectivity index is 1.32. The number of aromatic nitrogens is 4. The Labute approximate surface area is 163 Å². The summed E-state index contributed by atoms with van der Waals surface area (Å²) in [6.07, 6.45) is 0. The molecule has 1 N–H and O–H groups in total. The Hall–Kier alpha value is -3.42. The first-order chi connectivity index (χ1) is 13.6. The number of hydrogen-bond donors (Lipinski definition) is 1. The van der Waals surface area contributed by atoms with Gasteiger partial charge in [0.15, 0.2) is 0 Å². The molecule has 3 aromatic rings. The lowest BCUT2D eigenvalue weighted by Gasteiger charge is -2.36. The maximum absolute atomic E-state index is 12.6. The van der Waals surface area contributed by atoms with Gasteiger partial charge in [-0.25, -0.2) is 4.79 Å². The lowest BCUT2D eigenvalue weighted by Crippen LogP contribution is -2.50. The van der Waals surface area contributed by atoms with Crippen molar-refractivity contribution in [3.8, 4) is 11.4 Å². The molecule has 0 atom stereocenters. The van der Waals surface area contributed by atoms with Crippen LogP contribution in [-0.4, -0.2) is 57.3 Å². The van der Waals surface area contributed by atoms with Gasteiger partial charge in [-0.05, 0) is 48.5 Å². The van der Waals surface area contributed by atoms with Crippen LogP contribution in [0.3, 0.4) is 0 Å². The smallest absolute Gasteiger partial charge is 0.321 e. The number of benzene rings is 2. The summed E-state index contributed by atoms with van der Waals surface area (Å²) in [5.74, 6) is 0.563. The fraction of sp³-hybridized carbons (Fsp3) is 0.300. The summed E-state index contributed by atoms with van der Waals surface area (Å²) >= 11 is 0. The van der Waals surface area contributed by atoms with Crippen molar-refractivity contribution in [2.75, 3.05) is 36.4 Å². The molecule has 0 spiro atoms. The van der Waals surface area contributed by atoms with Crippen LogP contribution in [0.15, 0.2) is 48.5 Å². The first-order valence-corrected chi connectivity index (χ1v) is 9.30. The molecule has 0 saturated carbocycles. The van der Waals surface area contributed by atoms with Gasteiger partial charge in [-0.3, -0.25) is 0 Å². The standard InChI is InChI=1S/C20H23N7O/c1-15-3-9-18(10-4-15)26-11-13-27(14-12-26)20(28)21-17-7-5-16(6-8-17)19-22-24-25(2)23-19/h3-10H,11-14H2,1-2H3,(H,21,28). The summed E-state index contributed by atoms with van der Waals surface area (Å²) in [6.45, 7) is 5.13. The maximum atomic E-state index is 12.6. The third kappa shape index (κ3) is 3.95. The molecular formula is C20H23N7O. The highest BCUT2D eigenvalue weighted by atomic mass is 16.2. The molecule has 1 fully saturated rings. The lowest BCUT2D eigenvalue weighted by atomic mass is 10.2. The van der Waals surface area contributed by atoms with Crippen molar-refractivity contribution in [3.63, 3.8) is 0 Å². The van der Waals surface area contributed by atoms with Gasteiger partial charge in [-0.2, -0.15) is 4.80 Å². The summed E-state index contributed by atoms with van der Waals surface area (Å²) < 4.78 is 0. The van der Waals surface area contributed by atoms with E-state index in [1.807, 2.05) is 29.2 Å². The first-order valence-electron chi connectivity index (χ1n) is 9.30. The Morgan fingerprint density at radius 3 is 2.25 bits per heavy atom. The summed E-state index contributed by atoms with van der Waals surface area (Å²) in [5, 5.41) is 15.0. The third-order valence-electron chi connectivity index (χ3n) is 4.87. The van der Waals surface area contributed by atoms with Crippen LogP contribution in [0.5, 0.6) is 0 Å². The zero-order chi connectivity index (χ0) is 19.5. The van der Waals surface area contributed by atoms with Crippen LogP contribution in [0.4, 0.5) is 16.2 Å². The van der Waals surface area contributed by atoms with Crippen molar-refractivity contribution in [2.45, 2.75) is 6.92 Å². The molecule has 144 valence electrons. The number of nitrogens with one attached hydrogen (secondary N) is 1. The number of piperazine rings is 1. The minimum Gasteiger partial charge on any atom is -0.368 e. The number of hydrogen-bond acceptors (Lipinski definition) is 5. The molecule has 4 rings (SSSR count). The molecule has 2 heterocycles. The average molecular weight is 377 g/mol. The van der Waals surface area contributed by atoms with E-state index in [0.29, 0.717) is 18.9 Å². The minimum atomic E-state index is -0.0751. The van der Waals surface area contributed by atoms with Gasteiger partial charge in [-0.15, -0.1) is 10.2 Å². The number of amides is 2. The Kier molecular flexibility index (Phi) is 4.92. The largest absolute Gasteiger partial charge is 0.368 e. The Morgan fingerprint density at radius 2 is 1.64 bits per heavy atom. The van der Waals surface area contributed by atoms with E-state index in [2.05, 4.69) is 56.8 Å². The molecule has 1 saturated heterocycles. The van der Waals surface area contributed by atoms with E-state index in [1.54, 1.807) is 7.05 Å². The van der Waals surface area contributed by atoms with Gasteiger partial charge in [0.05, 0.1) is 7.05 Å². The van der Waals surface area contributed by atoms with Gasteiger partial charge < -0.3 is 15.1 Å². The topological polar surface area (TPSA) is 79.2 Å². The van der Waals surface area contributed by atoms with E-state index in [4.69, 9.17) is 0 Å². The van der Waals surface area contributed by atoms with Gasteiger partial charge in [0.25, 0.3) is 0 Å². The number of carbonyl (C=O) groups is 1. The first kappa shape index (κ1) is 18.0. The maximum Gasteiger partial charge on any atom is 0.321 e. The fourth-order valence-electron chi connectivity index (χ4n) is 3.23. The van der Waals surface area contributed by atoms with Crippen LogP contribution < -0.4 is 10.2 Å². The number of carbonyl (C=O) groups excluding carboxylic acids is 1. The highest BCUT2D eigenvalue weighted by Crippen LogP contribution is 2.19. The zero-order valence-corrected chi connectivity index (χ0v) is 16.0. The minimum absolute atomic E-state index is 0.0751. The predicted octanol–water partition coefficient (Wildman–Crippen LogP) is 2.54. The molecule has 1 aliphatic heterocycles. The number of aryl methyl sites for hydroxylation is 2. The van der Waals surface area contributed by atoms with Crippen molar-refractivity contribution in [1.82, 2.24) is 25.1 Å². The second-order valence-electron chi connectivity index (χ2n) is 6.92. The van der Waals surface area contributed by atoms with Crippen molar-refractivity contribution >= 4 is 17.4 Å². The summed E-state index contributed by atoms with van der Waals surface area (Å²) in [5.41, 5.74) is 4.07. The Morgan fingerprint density at radius 1 is 0.964 bits per heavy atom. The van der Waals surface area contributed by atoms with E-state index in [9.17, 15) is 4.79 Å². The molecule has 1 aromatic heterocycles. The number of urea groups is 1. The van der Waals surface area contributed by atoms with Gasteiger partial charge >= 0.3 is 6.03 Å². The van der Waals surface area contributed by atoms with E-state index >= 15 is 0 Å². The molecule has 8 heteroatoms. The van der Waals surface area contributed by atoms with Crippen molar-refractivity contribution in [2.24, 2.45) is 7.05 Å². The van der Waals surface area contributed by atoms with E-state index in [1.165, 1.54) is 16.0 Å². The quantitative estimate of drug-likeness (QED) is 0.759. The molecule has 0 unspecified atom stereocenters. The number of anilines is 2. The van der Waals surface area contributed by atoms with Crippen molar-refractivity contribution in [3.05, 3.63) is 54.1 Å². The predicted molar refractivity (Wildman–Crippen MR) is 108 cm³/mol. The van der Waals surface area contributed by atoms with Crippen LogP contribution in [0, 0.1) is 6.92 Å². The fourth-order valence-corrected chi connectivity index (χ4v) is 3.23. The Bertz CT molecular complexity index is 941. The molecule has 8 nitrogen and oxygen atoms in total. The van der Waals surface area contributed by atoms with Crippen LogP contribution in [0.2, 0.25) is 0 Å². The lowest BCUT2D eigenvalue weighted by molar-refractivity contribution is 0.208. The van der Waals surface area contributed by atoms with Crippen LogP contribution in [-0.2, 0) is 7.05 Å². The molecule has 2 aromatic carbocycles. The monoisotopic (exact) mass is 377 g/mol. The molecule has 0 radical (unpaired) electrons. The van der Waals surface area contributed by atoms with Crippen molar-refractivity contribution in [1.29, 1.82) is 0 Å². The normalized spacial score (nSPS) is 14.2. The molecule has 28 heavy (non-hydrogen) atoms. The molecule has 1 aliphatic rings. The molecule has 0 aliphatic carbocycles. The molecule has 2 amide bonds. The summed E-state index contributed by atoms with van der Waals surface area (Å²) in [6, 6.07) is 15.9. The van der Waals surface area contributed by atoms with E-state index < -0.39 is 0 Å². The second kappa shape index (κ2) is 7.67. The van der Waals surface area contributed by atoms with Crippen LogP contribution >= 0.6 is 0 Å². The number of nitrogens with zero attached hydrogens (tertiary/aromatic N) is 6.